The summed E-state index contributed by atoms with van der Waals surface area (Å²) in [6, 6.07) is 27.6. The molecule has 0 unspecified atom stereocenters. The average Bonchev–Trinajstić information content (AvgIpc) is 3.62. The van der Waals surface area contributed by atoms with Crippen LogP contribution in [0.3, 0.4) is 0 Å². The smallest absolute Gasteiger partial charge is 0.137 e. The van der Waals surface area contributed by atoms with Crippen molar-refractivity contribution >= 4 is 21.8 Å². The fourth-order valence-electron chi connectivity index (χ4n) is 7.76. The Bertz CT molecular complexity index is 2340. The molecule has 0 saturated carbocycles. The fourth-order valence-corrected chi connectivity index (χ4v) is 7.76. The van der Waals surface area contributed by atoms with Gasteiger partial charge in [-0.15, -0.1) is 0 Å². The van der Waals surface area contributed by atoms with Gasteiger partial charge in [0.1, 0.15) is 17.3 Å². The zero-order valence-electron chi connectivity index (χ0n) is 30.4. The number of fused-ring (bicyclic) bond motifs is 3. The highest BCUT2D eigenvalue weighted by Crippen LogP contribution is 2.44. The maximum Gasteiger partial charge on any atom is 0.137 e. The minimum atomic E-state index is -0.0260. The Labute approximate surface area is 290 Å². The van der Waals surface area contributed by atoms with Gasteiger partial charge in [-0.3, -0.25) is 4.57 Å². The molecule has 0 radical (unpaired) electrons. The minimum Gasteiger partial charge on any atom is -0.457 e. The number of hydrogen-bond acceptors (Lipinski definition) is 3. The Kier molecular flexibility index (Phi) is 7.78. The molecule has 0 amide bonds. The Morgan fingerprint density at radius 3 is 2.02 bits per heavy atom. The first-order chi connectivity index (χ1) is 23.2. The van der Waals surface area contributed by atoms with Crippen molar-refractivity contribution in [1.29, 1.82) is 0 Å². The van der Waals surface area contributed by atoms with Crippen LogP contribution < -0.4 is 4.74 Å². The van der Waals surface area contributed by atoms with E-state index >= 15 is 0 Å². The first-order valence-electron chi connectivity index (χ1n) is 17.2. The Balaban J connectivity index is 1.30. The lowest BCUT2D eigenvalue weighted by Crippen LogP contribution is -2.22. The molecule has 3 heterocycles. The summed E-state index contributed by atoms with van der Waals surface area (Å²) < 4.78 is 10.8. The third-order valence-electron chi connectivity index (χ3n) is 9.40. The molecule has 0 spiro atoms. The molecule has 0 saturated heterocycles. The lowest BCUT2D eigenvalue weighted by Gasteiger charge is -2.33. The molecule has 5 nitrogen and oxygen atoms in total. The van der Waals surface area contributed by atoms with Gasteiger partial charge in [0.05, 0.1) is 22.9 Å². The van der Waals surface area contributed by atoms with Crippen LogP contribution in [0.1, 0.15) is 74.9 Å². The van der Waals surface area contributed by atoms with E-state index in [1.54, 1.807) is 0 Å². The van der Waals surface area contributed by atoms with Crippen molar-refractivity contribution in [2.24, 2.45) is 0 Å². The zero-order chi connectivity index (χ0) is 34.8. The summed E-state index contributed by atoms with van der Waals surface area (Å²) >= 11 is 0. The number of rotatable bonds is 5. The van der Waals surface area contributed by atoms with E-state index in [1.165, 1.54) is 38.8 Å². The number of nitrogens with zero attached hydrogens (tertiary/aromatic N) is 4. The van der Waals surface area contributed by atoms with Crippen molar-refractivity contribution in [1.82, 2.24) is 19.3 Å². The molecule has 7 rings (SSSR count). The molecule has 0 aliphatic heterocycles. The summed E-state index contributed by atoms with van der Waals surface area (Å²) in [5, 5.41) is 7.28. The van der Waals surface area contributed by atoms with Crippen LogP contribution in [0.25, 0.3) is 44.4 Å². The van der Waals surface area contributed by atoms with E-state index in [0.29, 0.717) is 0 Å². The van der Waals surface area contributed by atoms with Crippen molar-refractivity contribution < 1.29 is 4.74 Å². The van der Waals surface area contributed by atoms with Gasteiger partial charge in [-0.05, 0) is 120 Å². The highest BCUT2D eigenvalue weighted by Gasteiger charge is 2.30. The first kappa shape index (κ1) is 32.4. The van der Waals surface area contributed by atoms with Gasteiger partial charge < -0.3 is 4.74 Å². The number of hydrogen-bond donors (Lipinski definition) is 0. The topological polar surface area (TPSA) is 44.9 Å². The van der Waals surface area contributed by atoms with E-state index in [1.807, 2.05) is 23.1 Å². The van der Waals surface area contributed by atoms with Gasteiger partial charge in [0.25, 0.3) is 0 Å². The Hall–Kier alpha value is -5.16. The second kappa shape index (κ2) is 11.8. The van der Waals surface area contributed by atoms with Gasteiger partial charge in [-0.25, -0.2) is 9.67 Å². The highest BCUT2D eigenvalue weighted by molar-refractivity contribution is 6.09. The quantitative estimate of drug-likeness (QED) is 0.187. The van der Waals surface area contributed by atoms with Crippen molar-refractivity contribution in [3.8, 4) is 34.1 Å². The number of pyridine rings is 1. The van der Waals surface area contributed by atoms with Gasteiger partial charge in [0.15, 0.2) is 0 Å². The SMILES string of the molecule is Cc1cc(Oc2ccc3c4ccccc4n(-c4cc(C)ccn4)c3c2)cc(-n2cc(-c3c(C(C)(C)C)c(C)cc(C)c3C(C)(C)C)cn2)c1. The fraction of sp³-hybridized carbons (Fsp3) is 0.273. The number of ether oxygens (including phenoxy) is 1. The van der Waals surface area contributed by atoms with E-state index in [2.05, 4.69) is 153 Å². The van der Waals surface area contributed by atoms with Crippen LogP contribution in [0.2, 0.25) is 0 Å². The van der Waals surface area contributed by atoms with Crippen LogP contribution in [0, 0.1) is 27.7 Å². The highest BCUT2D eigenvalue weighted by atomic mass is 16.5. The summed E-state index contributed by atoms with van der Waals surface area (Å²) in [5.74, 6) is 2.42. The lowest BCUT2D eigenvalue weighted by atomic mass is 9.71. The molecule has 5 heteroatoms. The summed E-state index contributed by atoms with van der Waals surface area (Å²) in [6.45, 7) is 22.5. The van der Waals surface area contributed by atoms with E-state index in [9.17, 15) is 0 Å². The Morgan fingerprint density at radius 2 is 1.33 bits per heavy atom. The Morgan fingerprint density at radius 1 is 0.633 bits per heavy atom. The first-order valence-corrected chi connectivity index (χ1v) is 17.2. The second-order valence-electron chi connectivity index (χ2n) is 15.6. The molecule has 0 fully saturated rings. The minimum absolute atomic E-state index is 0.0260. The summed E-state index contributed by atoms with van der Waals surface area (Å²) in [5.41, 5.74) is 13.2. The number of benzene rings is 4. The molecule has 4 aromatic carbocycles. The number of para-hydroxylation sites is 1. The van der Waals surface area contributed by atoms with Crippen LogP contribution >= 0.6 is 0 Å². The largest absolute Gasteiger partial charge is 0.457 e. The number of aryl methyl sites for hydroxylation is 4. The molecule has 0 atom stereocenters. The standard InChI is InChI=1S/C44H46N4O/c1-27-17-18-45-39(21-27)48-37-14-12-11-13-35(37)36-16-15-33(24-38(36)48)49-34-20-28(2)19-32(23-34)47-26-31(25-46-47)40-41(43(5,6)7)29(3)22-30(4)42(40)44(8,9)10/h11-26H,1-10H3. The predicted octanol–water partition coefficient (Wildman–Crippen LogP) is 11.7. The van der Waals surface area contributed by atoms with Crippen molar-refractivity contribution in [3.63, 3.8) is 0 Å². The zero-order valence-corrected chi connectivity index (χ0v) is 30.4. The third-order valence-corrected chi connectivity index (χ3v) is 9.40. The van der Waals surface area contributed by atoms with Crippen molar-refractivity contribution in [2.75, 3.05) is 0 Å². The number of aromatic nitrogens is 4. The molecular weight excluding hydrogens is 601 g/mol. The second-order valence-corrected chi connectivity index (χ2v) is 15.6. The van der Waals surface area contributed by atoms with Crippen LogP contribution in [-0.2, 0) is 10.8 Å². The van der Waals surface area contributed by atoms with Crippen LogP contribution in [0.15, 0.2) is 97.5 Å². The summed E-state index contributed by atoms with van der Waals surface area (Å²) in [6.07, 6.45) is 6.07. The normalized spacial score (nSPS) is 12.3. The van der Waals surface area contributed by atoms with Crippen LogP contribution in [0.4, 0.5) is 0 Å². The van der Waals surface area contributed by atoms with Crippen LogP contribution in [0.5, 0.6) is 11.5 Å². The van der Waals surface area contributed by atoms with E-state index in [0.717, 1.165) is 50.6 Å². The molecular formula is C44H46N4O. The third kappa shape index (κ3) is 5.92. The molecule has 0 N–H and O–H groups in total. The lowest BCUT2D eigenvalue weighted by molar-refractivity contribution is 0.482. The monoisotopic (exact) mass is 646 g/mol. The molecule has 248 valence electrons. The predicted molar refractivity (Wildman–Crippen MR) is 204 cm³/mol. The molecule has 0 aliphatic rings. The average molecular weight is 647 g/mol. The maximum atomic E-state index is 6.62. The van der Waals surface area contributed by atoms with Gasteiger partial charge in [0, 0.05) is 40.9 Å². The molecule has 0 aliphatic carbocycles. The van der Waals surface area contributed by atoms with Crippen LogP contribution in [-0.4, -0.2) is 19.3 Å². The summed E-state index contributed by atoms with van der Waals surface area (Å²) in [4.78, 5) is 4.74. The van der Waals surface area contributed by atoms with E-state index in [-0.39, 0.29) is 10.8 Å². The van der Waals surface area contributed by atoms with Crippen molar-refractivity contribution in [3.05, 3.63) is 131 Å². The molecule has 0 bridgehead atoms. The van der Waals surface area contributed by atoms with Gasteiger partial charge in [-0.1, -0.05) is 65.8 Å². The molecule has 3 aromatic heterocycles. The van der Waals surface area contributed by atoms with Gasteiger partial charge >= 0.3 is 0 Å². The van der Waals surface area contributed by atoms with E-state index < -0.39 is 0 Å². The molecule has 7 aromatic rings. The van der Waals surface area contributed by atoms with Gasteiger partial charge in [-0.2, -0.15) is 5.10 Å². The molecule has 49 heavy (non-hydrogen) atoms. The van der Waals surface area contributed by atoms with Gasteiger partial charge in [0.2, 0.25) is 0 Å². The summed E-state index contributed by atoms with van der Waals surface area (Å²) in [7, 11) is 0. The van der Waals surface area contributed by atoms with E-state index in [4.69, 9.17) is 14.8 Å². The van der Waals surface area contributed by atoms with Crippen molar-refractivity contribution in [2.45, 2.75) is 80.1 Å². The maximum absolute atomic E-state index is 6.62.